The topological polar surface area (TPSA) is 79.0 Å². The number of rotatable bonds is 2. The van der Waals surface area contributed by atoms with E-state index in [2.05, 4.69) is 15.0 Å². The van der Waals surface area contributed by atoms with Crippen LogP contribution < -0.4 is 5.56 Å². The Morgan fingerprint density at radius 1 is 1.26 bits per heavy atom. The molecule has 0 spiro atoms. The van der Waals surface area contributed by atoms with Crippen LogP contribution in [0.2, 0.25) is 0 Å². The summed E-state index contributed by atoms with van der Waals surface area (Å²) in [5.74, 6) is -3.03. The number of carbonyl (C=O) groups is 1. The minimum absolute atomic E-state index is 0.0738. The maximum atomic E-state index is 13.1. The summed E-state index contributed by atoms with van der Waals surface area (Å²) in [6, 6.07) is 3.42. The third kappa shape index (κ3) is 3.25. The minimum Gasteiger partial charge on any atom is -0.338 e. The van der Waals surface area contributed by atoms with Crippen molar-refractivity contribution in [2.45, 2.75) is 18.8 Å². The Kier molecular flexibility index (Phi) is 3.89. The summed E-state index contributed by atoms with van der Waals surface area (Å²) in [4.78, 5) is 36.2. The lowest BCUT2D eigenvalue weighted by Gasteiger charge is -2.31. The third-order valence-corrected chi connectivity index (χ3v) is 3.75. The molecule has 1 aliphatic heterocycles. The number of nitrogens with zero attached hydrogens (tertiary/aromatic N) is 3. The summed E-state index contributed by atoms with van der Waals surface area (Å²) in [7, 11) is 0. The number of halogens is 2. The number of hydrogen-bond donors (Lipinski definition) is 1. The first kappa shape index (κ1) is 15.3. The highest BCUT2D eigenvalue weighted by Crippen LogP contribution is 2.28. The lowest BCUT2D eigenvalue weighted by molar-refractivity contribution is -0.0494. The lowest BCUT2D eigenvalue weighted by atomic mass is 10.1. The van der Waals surface area contributed by atoms with Crippen molar-refractivity contribution >= 4 is 5.91 Å². The van der Waals surface area contributed by atoms with Crippen molar-refractivity contribution in [2.75, 3.05) is 13.1 Å². The first-order chi connectivity index (χ1) is 11.0. The number of carbonyl (C=O) groups excluding carboxylic acids is 1. The Hall–Kier alpha value is -2.64. The summed E-state index contributed by atoms with van der Waals surface area (Å²) >= 11 is 0. The van der Waals surface area contributed by atoms with Gasteiger partial charge in [0.25, 0.3) is 17.4 Å². The molecule has 0 aliphatic carbocycles. The van der Waals surface area contributed by atoms with E-state index in [4.69, 9.17) is 0 Å². The molecule has 1 fully saturated rings. The summed E-state index contributed by atoms with van der Waals surface area (Å²) < 4.78 is 26.3. The van der Waals surface area contributed by atoms with Gasteiger partial charge in [-0.05, 0) is 12.1 Å². The van der Waals surface area contributed by atoms with Gasteiger partial charge in [-0.2, -0.15) is 0 Å². The highest BCUT2D eigenvalue weighted by Gasteiger charge is 2.36. The van der Waals surface area contributed by atoms with Crippen molar-refractivity contribution in [2.24, 2.45) is 0 Å². The molecule has 0 radical (unpaired) electrons. The van der Waals surface area contributed by atoms with Crippen molar-refractivity contribution in [3.8, 4) is 11.4 Å². The van der Waals surface area contributed by atoms with Crippen molar-refractivity contribution in [3.63, 3.8) is 0 Å². The maximum Gasteiger partial charge on any atom is 0.264 e. The molecular formula is C15H14F2N4O2. The van der Waals surface area contributed by atoms with Crippen LogP contribution in [0.25, 0.3) is 11.4 Å². The second-order valence-electron chi connectivity index (χ2n) is 5.36. The van der Waals surface area contributed by atoms with Gasteiger partial charge in [-0.3, -0.25) is 14.6 Å². The standard InChI is InChI=1S/C15H14F2N4O2/c16-15(17)3-6-21(7-4-15)14(23)11-9-19-12(20-13(11)22)10-2-1-5-18-8-10/h1-2,5,8-9H,3-4,6-7H2,(H,19,20,22). The number of piperidine rings is 1. The number of hydrogen-bond acceptors (Lipinski definition) is 4. The Balaban J connectivity index is 1.81. The molecule has 120 valence electrons. The Bertz CT molecular complexity index is 767. The molecule has 1 aliphatic rings. The number of pyridine rings is 1. The van der Waals surface area contributed by atoms with Gasteiger partial charge in [-0.25, -0.2) is 13.8 Å². The fraction of sp³-hybridized carbons (Fsp3) is 0.333. The van der Waals surface area contributed by atoms with E-state index in [1.165, 1.54) is 17.3 Å². The van der Waals surface area contributed by atoms with Gasteiger partial charge in [-0.1, -0.05) is 0 Å². The van der Waals surface area contributed by atoms with Crippen LogP contribution >= 0.6 is 0 Å². The van der Waals surface area contributed by atoms with Crippen molar-refractivity contribution in [1.29, 1.82) is 0 Å². The summed E-state index contributed by atoms with van der Waals surface area (Å²) in [6.07, 6.45) is 3.52. The Morgan fingerprint density at radius 3 is 2.61 bits per heavy atom. The van der Waals surface area contributed by atoms with Crippen LogP contribution in [0.15, 0.2) is 35.5 Å². The van der Waals surface area contributed by atoms with Crippen LogP contribution in [0.5, 0.6) is 0 Å². The van der Waals surface area contributed by atoms with Gasteiger partial charge in [0.15, 0.2) is 0 Å². The molecule has 0 bridgehead atoms. The molecule has 3 rings (SSSR count). The first-order valence-corrected chi connectivity index (χ1v) is 7.13. The van der Waals surface area contributed by atoms with Crippen LogP contribution in [0, 0.1) is 0 Å². The van der Waals surface area contributed by atoms with Crippen molar-refractivity contribution in [3.05, 3.63) is 46.6 Å². The van der Waals surface area contributed by atoms with E-state index < -0.39 is 30.2 Å². The number of nitrogens with one attached hydrogen (secondary N) is 1. The minimum atomic E-state index is -2.74. The molecule has 1 N–H and O–H groups in total. The molecule has 0 aromatic carbocycles. The van der Waals surface area contributed by atoms with Crippen LogP contribution in [-0.2, 0) is 0 Å². The molecule has 0 atom stereocenters. The largest absolute Gasteiger partial charge is 0.338 e. The SMILES string of the molecule is O=C(c1cnc(-c2cccnc2)[nH]c1=O)N1CCC(F)(F)CC1. The second kappa shape index (κ2) is 5.86. The van der Waals surface area contributed by atoms with Gasteiger partial charge in [0.05, 0.1) is 0 Å². The predicted molar refractivity (Wildman–Crippen MR) is 78.2 cm³/mol. The summed E-state index contributed by atoms with van der Waals surface area (Å²) in [5, 5.41) is 0. The molecule has 2 aromatic heterocycles. The van der Waals surface area contributed by atoms with E-state index in [0.29, 0.717) is 11.4 Å². The van der Waals surface area contributed by atoms with Crippen molar-refractivity contribution < 1.29 is 13.6 Å². The number of aromatic amines is 1. The average molecular weight is 320 g/mol. The monoisotopic (exact) mass is 320 g/mol. The normalized spacial score (nSPS) is 17.0. The first-order valence-electron chi connectivity index (χ1n) is 7.13. The smallest absolute Gasteiger partial charge is 0.264 e. The Labute approximate surface area is 130 Å². The molecule has 0 unspecified atom stereocenters. The zero-order valence-corrected chi connectivity index (χ0v) is 12.1. The zero-order valence-electron chi connectivity index (χ0n) is 12.1. The quantitative estimate of drug-likeness (QED) is 0.913. The number of H-pyrrole nitrogens is 1. The molecule has 1 amide bonds. The van der Waals surface area contributed by atoms with Gasteiger partial charge < -0.3 is 9.88 Å². The fourth-order valence-corrected chi connectivity index (χ4v) is 2.40. The van der Waals surface area contributed by atoms with Crippen LogP contribution in [0.1, 0.15) is 23.2 Å². The van der Waals surface area contributed by atoms with Gasteiger partial charge in [0.2, 0.25) is 0 Å². The van der Waals surface area contributed by atoms with E-state index in [0.717, 1.165) is 0 Å². The molecule has 0 saturated carbocycles. The van der Waals surface area contributed by atoms with Gasteiger partial charge in [0.1, 0.15) is 11.4 Å². The lowest BCUT2D eigenvalue weighted by Crippen LogP contribution is -2.44. The van der Waals surface area contributed by atoms with E-state index in [1.54, 1.807) is 18.3 Å². The van der Waals surface area contributed by atoms with Gasteiger partial charge >= 0.3 is 0 Å². The van der Waals surface area contributed by atoms with E-state index in [-0.39, 0.29) is 18.7 Å². The predicted octanol–water partition coefficient (Wildman–Crippen LogP) is 1.70. The molecule has 6 nitrogen and oxygen atoms in total. The average Bonchev–Trinajstić information content (AvgIpc) is 2.55. The van der Waals surface area contributed by atoms with E-state index in [9.17, 15) is 18.4 Å². The molecule has 1 saturated heterocycles. The number of amides is 1. The van der Waals surface area contributed by atoms with E-state index in [1.807, 2.05) is 0 Å². The molecular weight excluding hydrogens is 306 g/mol. The zero-order chi connectivity index (χ0) is 16.4. The summed E-state index contributed by atoms with van der Waals surface area (Å²) in [5.41, 5.74) is -0.134. The molecule has 8 heteroatoms. The molecule has 3 heterocycles. The third-order valence-electron chi connectivity index (χ3n) is 3.75. The fourth-order valence-electron chi connectivity index (χ4n) is 2.40. The number of aromatic nitrogens is 3. The number of alkyl halides is 2. The number of likely N-dealkylation sites (tertiary alicyclic amines) is 1. The van der Waals surface area contributed by atoms with Crippen LogP contribution in [-0.4, -0.2) is 44.8 Å². The highest BCUT2D eigenvalue weighted by molar-refractivity contribution is 5.93. The molecule has 23 heavy (non-hydrogen) atoms. The van der Waals surface area contributed by atoms with Crippen LogP contribution in [0.3, 0.4) is 0 Å². The van der Waals surface area contributed by atoms with Crippen molar-refractivity contribution in [1.82, 2.24) is 19.9 Å². The maximum absolute atomic E-state index is 13.1. The Morgan fingerprint density at radius 2 is 2.00 bits per heavy atom. The van der Waals surface area contributed by atoms with Crippen LogP contribution in [0.4, 0.5) is 8.78 Å². The molecule has 2 aromatic rings. The second-order valence-corrected chi connectivity index (χ2v) is 5.36. The highest BCUT2D eigenvalue weighted by atomic mass is 19.3. The summed E-state index contributed by atoms with van der Waals surface area (Å²) in [6.45, 7) is -0.148. The van der Waals surface area contributed by atoms with Gasteiger partial charge in [0, 0.05) is 50.1 Å². The van der Waals surface area contributed by atoms with E-state index >= 15 is 0 Å². The van der Waals surface area contributed by atoms with Gasteiger partial charge in [-0.15, -0.1) is 0 Å².